The summed E-state index contributed by atoms with van der Waals surface area (Å²) in [6.45, 7) is 0.311. The van der Waals surface area contributed by atoms with Crippen molar-refractivity contribution in [1.29, 1.82) is 0 Å². The molecule has 0 radical (unpaired) electrons. The number of hydrogen-bond acceptors (Lipinski definition) is 3. The molecule has 4 nitrogen and oxygen atoms in total. The molecule has 1 aliphatic heterocycles. The predicted octanol–water partition coefficient (Wildman–Crippen LogP) is 2.31. The maximum absolute atomic E-state index is 13.0. The Morgan fingerprint density at radius 1 is 1.33 bits per heavy atom. The Morgan fingerprint density at radius 2 is 2.08 bits per heavy atom. The summed E-state index contributed by atoms with van der Waals surface area (Å²) >= 11 is 0. The first-order chi connectivity index (χ1) is 11.3. The van der Waals surface area contributed by atoms with Gasteiger partial charge in [0.25, 0.3) is 0 Å². The van der Waals surface area contributed by atoms with Crippen molar-refractivity contribution in [1.82, 2.24) is 10.2 Å². The number of halogens is 4. The number of carbonyl (C=O) groups is 1. The van der Waals surface area contributed by atoms with Crippen LogP contribution in [0.15, 0.2) is 18.2 Å². The maximum atomic E-state index is 13.0. The molecule has 0 aromatic heterocycles. The number of nitrogens with one attached hydrogen (secondary N) is 1. The normalized spacial score (nSPS) is 19.3. The molecule has 0 aliphatic carbocycles. The van der Waals surface area contributed by atoms with Crippen molar-refractivity contribution in [2.75, 3.05) is 19.7 Å². The largest absolute Gasteiger partial charge is 0.416 e. The van der Waals surface area contributed by atoms with Gasteiger partial charge in [-0.3, -0.25) is 9.69 Å². The fourth-order valence-corrected chi connectivity index (χ4v) is 2.88. The predicted molar refractivity (Wildman–Crippen MR) is 79.5 cm³/mol. The van der Waals surface area contributed by atoms with E-state index < -0.39 is 23.5 Å². The van der Waals surface area contributed by atoms with Crippen LogP contribution in [0.1, 0.15) is 30.4 Å². The molecule has 1 atom stereocenters. The molecular formula is C16H20F4N2O2. The molecule has 24 heavy (non-hydrogen) atoms. The second-order valence-electron chi connectivity index (χ2n) is 5.88. The molecule has 1 heterocycles. The summed E-state index contributed by atoms with van der Waals surface area (Å²) in [6, 6.07) is 2.29. The van der Waals surface area contributed by atoms with E-state index in [4.69, 9.17) is 0 Å². The quantitative estimate of drug-likeness (QED) is 0.803. The van der Waals surface area contributed by atoms with Gasteiger partial charge in [-0.25, -0.2) is 4.39 Å². The lowest BCUT2D eigenvalue weighted by Crippen LogP contribution is -2.47. The highest BCUT2D eigenvalue weighted by atomic mass is 19.4. The van der Waals surface area contributed by atoms with Crippen molar-refractivity contribution in [3.05, 3.63) is 35.1 Å². The molecule has 0 saturated carbocycles. The molecule has 1 aromatic carbocycles. The van der Waals surface area contributed by atoms with Gasteiger partial charge in [0.15, 0.2) is 0 Å². The summed E-state index contributed by atoms with van der Waals surface area (Å²) in [5.41, 5.74) is -1.27. The molecule has 0 spiro atoms. The van der Waals surface area contributed by atoms with Crippen molar-refractivity contribution < 1.29 is 27.5 Å². The molecule has 8 heteroatoms. The van der Waals surface area contributed by atoms with Gasteiger partial charge in [0, 0.05) is 12.6 Å². The van der Waals surface area contributed by atoms with Crippen LogP contribution in [-0.4, -0.2) is 41.7 Å². The maximum Gasteiger partial charge on any atom is 0.416 e. The van der Waals surface area contributed by atoms with E-state index in [-0.39, 0.29) is 31.3 Å². The Bertz CT molecular complexity index is 578. The van der Waals surface area contributed by atoms with Gasteiger partial charge in [-0.15, -0.1) is 0 Å². The third-order valence-corrected chi connectivity index (χ3v) is 4.16. The second kappa shape index (κ2) is 7.94. The van der Waals surface area contributed by atoms with E-state index in [1.807, 2.05) is 4.90 Å². The van der Waals surface area contributed by atoms with Crippen molar-refractivity contribution in [2.24, 2.45) is 0 Å². The Balaban J connectivity index is 1.97. The number of rotatable bonds is 5. The number of alkyl halides is 3. The number of amides is 1. The highest BCUT2D eigenvalue weighted by Gasteiger charge is 2.33. The van der Waals surface area contributed by atoms with Gasteiger partial charge in [-0.2, -0.15) is 13.2 Å². The molecule has 1 fully saturated rings. The first kappa shape index (κ1) is 18.7. The first-order valence-electron chi connectivity index (χ1n) is 7.78. The number of hydrogen-bond donors (Lipinski definition) is 2. The SMILES string of the molecule is O=C(CN1CCCCC1CO)NCc1ccc(F)cc1C(F)(F)F. The molecule has 1 amide bonds. The molecule has 2 rings (SSSR count). The first-order valence-corrected chi connectivity index (χ1v) is 7.78. The molecule has 1 saturated heterocycles. The van der Waals surface area contributed by atoms with Crippen LogP contribution in [0.3, 0.4) is 0 Å². The van der Waals surface area contributed by atoms with E-state index in [9.17, 15) is 27.5 Å². The van der Waals surface area contributed by atoms with Gasteiger partial charge in [-0.1, -0.05) is 12.5 Å². The van der Waals surface area contributed by atoms with E-state index >= 15 is 0 Å². The molecule has 2 N–H and O–H groups in total. The van der Waals surface area contributed by atoms with Crippen LogP contribution >= 0.6 is 0 Å². The minimum atomic E-state index is -4.68. The standard InChI is InChI=1S/C16H20F4N2O2/c17-12-5-4-11(14(7-12)16(18,19)20)8-21-15(24)9-22-6-2-1-3-13(22)10-23/h4-5,7,13,23H,1-3,6,8-10H2,(H,21,24). The van der Waals surface area contributed by atoms with Gasteiger partial charge >= 0.3 is 6.18 Å². The Hall–Kier alpha value is -1.67. The van der Waals surface area contributed by atoms with Crippen LogP contribution in [0.2, 0.25) is 0 Å². The van der Waals surface area contributed by atoms with E-state index in [1.54, 1.807) is 0 Å². The Labute approximate surface area is 137 Å². The summed E-state index contributed by atoms with van der Waals surface area (Å²) in [5.74, 6) is -1.40. The highest BCUT2D eigenvalue weighted by molar-refractivity contribution is 5.78. The second-order valence-corrected chi connectivity index (χ2v) is 5.88. The van der Waals surface area contributed by atoms with Crippen molar-refractivity contribution >= 4 is 5.91 Å². The molecular weight excluding hydrogens is 328 g/mol. The van der Waals surface area contributed by atoms with Crippen molar-refractivity contribution in [2.45, 2.75) is 38.0 Å². The molecule has 0 bridgehead atoms. The lowest BCUT2D eigenvalue weighted by Gasteiger charge is -2.33. The third-order valence-electron chi connectivity index (χ3n) is 4.16. The van der Waals surface area contributed by atoms with Gasteiger partial charge in [-0.05, 0) is 37.1 Å². The van der Waals surface area contributed by atoms with Crippen LogP contribution in [-0.2, 0) is 17.5 Å². The minimum absolute atomic E-state index is 0.0216. The fourth-order valence-electron chi connectivity index (χ4n) is 2.88. The summed E-state index contributed by atoms with van der Waals surface area (Å²) in [5, 5.41) is 11.7. The van der Waals surface area contributed by atoms with E-state index in [0.717, 1.165) is 31.4 Å². The number of carbonyl (C=O) groups excluding carboxylic acids is 1. The zero-order valence-corrected chi connectivity index (χ0v) is 13.1. The molecule has 134 valence electrons. The number of nitrogens with zero attached hydrogens (tertiary/aromatic N) is 1. The lowest BCUT2D eigenvalue weighted by molar-refractivity contribution is -0.138. The van der Waals surface area contributed by atoms with Crippen LogP contribution in [0.4, 0.5) is 17.6 Å². The van der Waals surface area contributed by atoms with Crippen LogP contribution in [0, 0.1) is 5.82 Å². The summed E-state index contributed by atoms with van der Waals surface area (Å²) in [7, 11) is 0. The zero-order chi connectivity index (χ0) is 17.7. The van der Waals surface area contributed by atoms with E-state index in [1.165, 1.54) is 0 Å². The van der Waals surface area contributed by atoms with Gasteiger partial charge in [0.2, 0.25) is 5.91 Å². The van der Waals surface area contributed by atoms with E-state index in [2.05, 4.69) is 5.32 Å². The number of aliphatic hydroxyl groups excluding tert-OH is 1. The Kier molecular flexibility index (Phi) is 6.17. The topological polar surface area (TPSA) is 52.6 Å². The number of benzene rings is 1. The summed E-state index contributed by atoms with van der Waals surface area (Å²) in [6.07, 6.45) is -2.00. The van der Waals surface area contributed by atoms with Crippen molar-refractivity contribution in [3.8, 4) is 0 Å². The minimum Gasteiger partial charge on any atom is -0.395 e. The molecule has 1 unspecified atom stereocenters. The number of aliphatic hydroxyl groups is 1. The van der Waals surface area contributed by atoms with E-state index in [0.29, 0.717) is 12.6 Å². The van der Waals surface area contributed by atoms with Gasteiger partial charge in [0.1, 0.15) is 5.82 Å². The summed E-state index contributed by atoms with van der Waals surface area (Å²) in [4.78, 5) is 13.8. The van der Waals surface area contributed by atoms with Gasteiger partial charge in [0.05, 0.1) is 18.7 Å². The van der Waals surface area contributed by atoms with Crippen LogP contribution < -0.4 is 5.32 Å². The zero-order valence-electron chi connectivity index (χ0n) is 13.1. The Morgan fingerprint density at radius 3 is 2.75 bits per heavy atom. The summed E-state index contributed by atoms with van der Waals surface area (Å²) < 4.78 is 51.8. The van der Waals surface area contributed by atoms with Gasteiger partial charge < -0.3 is 10.4 Å². The van der Waals surface area contributed by atoms with Crippen LogP contribution in [0.25, 0.3) is 0 Å². The highest BCUT2D eigenvalue weighted by Crippen LogP contribution is 2.32. The average Bonchev–Trinajstić information content (AvgIpc) is 2.53. The van der Waals surface area contributed by atoms with Crippen molar-refractivity contribution in [3.63, 3.8) is 0 Å². The molecule has 1 aliphatic rings. The monoisotopic (exact) mass is 348 g/mol. The fraction of sp³-hybridized carbons (Fsp3) is 0.562. The smallest absolute Gasteiger partial charge is 0.395 e. The van der Waals surface area contributed by atoms with Crippen LogP contribution in [0.5, 0.6) is 0 Å². The lowest BCUT2D eigenvalue weighted by atomic mass is 10.0. The molecule has 1 aromatic rings. The third kappa shape index (κ3) is 4.91. The average molecular weight is 348 g/mol. The number of likely N-dealkylation sites (tertiary alicyclic amines) is 1. The number of piperidine rings is 1.